The number of hydrogen-bond acceptors (Lipinski definition) is 5. The summed E-state index contributed by atoms with van der Waals surface area (Å²) in [5.74, 6) is 2.10. The number of methoxy groups -OCH3 is 1. The van der Waals surface area contributed by atoms with Crippen LogP contribution in [-0.2, 0) is 4.79 Å². The van der Waals surface area contributed by atoms with Crippen LogP contribution in [0.1, 0.15) is 37.3 Å². The summed E-state index contributed by atoms with van der Waals surface area (Å²) in [6.45, 7) is 7.09. The van der Waals surface area contributed by atoms with Gasteiger partial charge in [-0.2, -0.15) is 0 Å². The molecule has 1 aromatic carbocycles. The third-order valence-corrected chi connectivity index (χ3v) is 7.53. The Morgan fingerprint density at radius 2 is 2.29 bits per heavy atom. The second-order valence-electron chi connectivity index (χ2n) is 9.16. The summed E-state index contributed by atoms with van der Waals surface area (Å²) in [6, 6.07) is 8.16. The molecule has 4 saturated heterocycles. The van der Waals surface area contributed by atoms with E-state index in [0.29, 0.717) is 11.8 Å². The highest BCUT2D eigenvalue weighted by Crippen LogP contribution is 2.42. The van der Waals surface area contributed by atoms with Gasteiger partial charge in [-0.3, -0.25) is 14.7 Å². The summed E-state index contributed by atoms with van der Waals surface area (Å²) >= 11 is 0. The highest BCUT2D eigenvalue weighted by Gasteiger charge is 2.43. The number of carbonyl (C=O) groups is 1. The third-order valence-electron chi connectivity index (χ3n) is 7.53. The smallest absolute Gasteiger partial charge is 0.237 e. The fourth-order valence-electron chi connectivity index (χ4n) is 5.81. The molecule has 4 aliphatic heterocycles. The standard InChI is InChI=1S/C25H32N4O2/c1-3-16-15-29-12-9-17(16)13-23(29)24(28-25(30)22-5-4-10-26-22)19-8-11-27-21-7-6-18(31-2)14-20(19)21/h3,6-8,11,14,16-17,22-24,26H,1,4-5,9-10,12-13,15H2,2H3,(H,28,30)/t16?,17?,22-,23-,24-/m0/s1. The minimum atomic E-state index is -0.0955. The number of pyridine rings is 1. The molecule has 3 unspecified atom stereocenters. The Kier molecular flexibility index (Phi) is 5.67. The number of amides is 1. The molecule has 0 aliphatic carbocycles. The Morgan fingerprint density at radius 3 is 3.00 bits per heavy atom. The Hall–Kier alpha value is -2.44. The maximum absolute atomic E-state index is 13.2. The number of aromatic nitrogens is 1. The molecule has 0 saturated carbocycles. The molecular formula is C25H32N4O2. The number of piperidine rings is 3. The number of fused-ring (bicyclic) bond motifs is 4. The molecule has 0 radical (unpaired) electrons. The fraction of sp³-hybridized carbons (Fsp3) is 0.520. The monoisotopic (exact) mass is 420 g/mol. The van der Waals surface area contributed by atoms with Crippen molar-refractivity contribution in [3.05, 3.63) is 48.7 Å². The molecule has 6 atom stereocenters. The minimum Gasteiger partial charge on any atom is -0.497 e. The zero-order valence-corrected chi connectivity index (χ0v) is 18.2. The van der Waals surface area contributed by atoms with E-state index in [1.165, 1.54) is 6.42 Å². The first kappa shape index (κ1) is 20.5. The minimum absolute atomic E-state index is 0.0823. The number of nitrogens with one attached hydrogen (secondary N) is 2. The predicted octanol–water partition coefficient (Wildman–Crippen LogP) is 3.05. The van der Waals surface area contributed by atoms with Crippen LogP contribution in [0, 0.1) is 11.8 Å². The van der Waals surface area contributed by atoms with Crippen molar-refractivity contribution in [3.63, 3.8) is 0 Å². The zero-order chi connectivity index (χ0) is 21.4. The van der Waals surface area contributed by atoms with Crippen LogP contribution in [0.5, 0.6) is 5.75 Å². The van der Waals surface area contributed by atoms with Gasteiger partial charge >= 0.3 is 0 Å². The molecule has 4 fully saturated rings. The molecule has 31 heavy (non-hydrogen) atoms. The summed E-state index contributed by atoms with van der Waals surface area (Å²) in [5, 5.41) is 7.86. The van der Waals surface area contributed by atoms with Gasteiger partial charge in [-0.25, -0.2) is 0 Å². The van der Waals surface area contributed by atoms with Crippen LogP contribution in [0.3, 0.4) is 0 Å². The Labute approximate surface area is 184 Å². The van der Waals surface area contributed by atoms with Crippen molar-refractivity contribution in [1.29, 1.82) is 0 Å². The molecule has 164 valence electrons. The second-order valence-corrected chi connectivity index (χ2v) is 9.16. The van der Waals surface area contributed by atoms with E-state index < -0.39 is 0 Å². The largest absolute Gasteiger partial charge is 0.497 e. The van der Waals surface area contributed by atoms with E-state index >= 15 is 0 Å². The molecule has 2 bridgehead atoms. The topological polar surface area (TPSA) is 66.5 Å². The Morgan fingerprint density at radius 1 is 1.39 bits per heavy atom. The van der Waals surface area contributed by atoms with Crippen LogP contribution >= 0.6 is 0 Å². The van der Waals surface area contributed by atoms with Gasteiger partial charge in [-0.15, -0.1) is 6.58 Å². The first-order valence-corrected chi connectivity index (χ1v) is 11.5. The number of rotatable bonds is 6. The summed E-state index contributed by atoms with van der Waals surface area (Å²) in [5.41, 5.74) is 2.06. The maximum atomic E-state index is 13.2. The first-order chi connectivity index (χ1) is 15.2. The van der Waals surface area contributed by atoms with Gasteiger partial charge in [0.05, 0.1) is 24.7 Å². The van der Waals surface area contributed by atoms with E-state index in [1.807, 2.05) is 24.4 Å². The molecule has 2 N–H and O–H groups in total. The summed E-state index contributed by atoms with van der Waals surface area (Å²) < 4.78 is 5.50. The van der Waals surface area contributed by atoms with Crippen molar-refractivity contribution >= 4 is 16.8 Å². The van der Waals surface area contributed by atoms with Crippen LogP contribution in [0.4, 0.5) is 0 Å². The van der Waals surface area contributed by atoms with E-state index in [0.717, 1.165) is 61.1 Å². The van der Waals surface area contributed by atoms with Crippen LogP contribution in [0.25, 0.3) is 10.9 Å². The summed E-state index contributed by atoms with van der Waals surface area (Å²) in [7, 11) is 1.68. The number of ether oxygens (including phenoxy) is 1. The van der Waals surface area contributed by atoms with Gasteiger partial charge in [0.1, 0.15) is 5.75 Å². The van der Waals surface area contributed by atoms with Crippen molar-refractivity contribution in [2.45, 2.75) is 43.8 Å². The normalized spacial score (nSPS) is 30.8. The van der Waals surface area contributed by atoms with Gasteiger partial charge < -0.3 is 15.4 Å². The lowest BCUT2D eigenvalue weighted by Crippen LogP contribution is -2.58. The molecule has 6 nitrogen and oxygen atoms in total. The molecule has 1 aromatic heterocycles. The van der Waals surface area contributed by atoms with Crippen LogP contribution in [0.2, 0.25) is 0 Å². The van der Waals surface area contributed by atoms with Crippen molar-refractivity contribution in [2.24, 2.45) is 11.8 Å². The summed E-state index contributed by atoms with van der Waals surface area (Å²) in [4.78, 5) is 20.3. The average molecular weight is 421 g/mol. The third kappa shape index (κ3) is 3.83. The van der Waals surface area contributed by atoms with Gasteiger partial charge in [0.15, 0.2) is 0 Å². The second kappa shape index (κ2) is 8.60. The molecule has 6 heteroatoms. The van der Waals surface area contributed by atoms with Gasteiger partial charge in [0, 0.05) is 24.2 Å². The number of benzene rings is 1. The lowest BCUT2D eigenvalue weighted by atomic mass is 9.73. The van der Waals surface area contributed by atoms with Crippen LogP contribution in [-0.4, -0.2) is 54.6 Å². The molecule has 0 spiro atoms. The van der Waals surface area contributed by atoms with E-state index in [9.17, 15) is 4.79 Å². The molecule has 5 heterocycles. The molecule has 6 rings (SSSR count). The number of nitrogens with zero attached hydrogens (tertiary/aromatic N) is 2. The van der Waals surface area contributed by atoms with Crippen molar-refractivity contribution in [1.82, 2.24) is 20.5 Å². The molecule has 2 aromatic rings. The Balaban J connectivity index is 1.54. The van der Waals surface area contributed by atoms with Crippen molar-refractivity contribution < 1.29 is 9.53 Å². The molecule has 4 aliphatic rings. The number of hydrogen-bond donors (Lipinski definition) is 2. The predicted molar refractivity (Wildman–Crippen MR) is 122 cm³/mol. The zero-order valence-electron chi connectivity index (χ0n) is 18.2. The van der Waals surface area contributed by atoms with Gasteiger partial charge in [0.25, 0.3) is 0 Å². The van der Waals surface area contributed by atoms with Crippen molar-refractivity contribution in [2.75, 3.05) is 26.7 Å². The molecular weight excluding hydrogens is 388 g/mol. The average Bonchev–Trinajstić information content (AvgIpc) is 3.37. The fourth-order valence-corrected chi connectivity index (χ4v) is 5.81. The van der Waals surface area contributed by atoms with E-state index in [4.69, 9.17) is 4.74 Å². The van der Waals surface area contributed by atoms with Gasteiger partial charge in [-0.05, 0) is 80.4 Å². The van der Waals surface area contributed by atoms with Gasteiger partial charge in [-0.1, -0.05) is 6.08 Å². The highest BCUT2D eigenvalue weighted by atomic mass is 16.5. The lowest BCUT2D eigenvalue weighted by Gasteiger charge is -2.51. The Bertz CT molecular complexity index is 971. The van der Waals surface area contributed by atoms with E-state index in [-0.39, 0.29) is 24.0 Å². The van der Waals surface area contributed by atoms with E-state index in [2.05, 4.69) is 39.2 Å². The quantitative estimate of drug-likeness (QED) is 0.703. The maximum Gasteiger partial charge on any atom is 0.237 e. The molecule has 1 amide bonds. The van der Waals surface area contributed by atoms with E-state index in [1.54, 1.807) is 7.11 Å². The lowest BCUT2D eigenvalue weighted by molar-refractivity contribution is -0.124. The SMILES string of the molecule is C=CC1CN2CCC1C[C@H]2[C@@H](NC(=O)[C@@H]1CCCN1)c1ccnc2ccc(OC)cc12. The first-order valence-electron chi connectivity index (χ1n) is 11.5. The van der Waals surface area contributed by atoms with Crippen LogP contribution in [0.15, 0.2) is 43.1 Å². The van der Waals surface area contributed by atoms with Crippen LogP contribution < -0.4 is 15.4 Å². The number of carbonyl (C=O) groups excluding carboxylic acids is 1. The van der Waals surface area contributed by atoms with Gasteiger partial charge in [0.2, 0.25) is 5.91 Å². The summed E-state index contributed by atoms with van der Waals surface area (Å²) in [6.07, 6.45) is 8.22. The van der Waals surface area contributed by atoms with Crippen molar-refractivity contribution in [3.8, 4) is 5.75 Å². The highest BCUT2D eigenvalue weighted by molar-refractivity contribution is 5.86.